The summed E-state index contributed by atoms with van der Waals surface area (Å²) in [5.74, 6) is -0.246. The number of nitrogens with one attached hydrogen (secondary N) is 1. The Morgan fingerprint density at radius 3 is 2.32 bits per heavy atom. The first kappa shape index (κ1) is 20.1. The second kappa shape index (κ2) is 8.56. The monoisotopic (exact) mass is 390 g/mol. The summed E-state index contributed by atoms with van der Waals surface area (Å²) in [6.45, 7) is 1.88. The molecule has 1 aliphatic heterocycles. The molecule has 1 N–H and O–H groups in total. The number of benzene rings is 2. The summed E-state index contributed by atoms with van der Waals surface area (Å²) in [6, 6.07) is 11.7. The molecule has 0 spiro atoms. The van der Waals surface area contributed by atoms with Gasteiger partial charge in [-0.1, -0.05) is 30.3 Å². The summed E-state index contributed by atoms with van der Waals surface area (Å²) in [5, 5.41) is 3.01. The molecule has 1 heterocycles. The molecule has 28 heavy (non-hydrogen) atoms. The Morgan fingerprint density at radius 2 is 1.71 bits per heavy atom. The van der Waals surface area contributed by atoms with Gasteiger partial charge in [0.1, 0.15) is 6.29 Å². The third-order valence-corrected chi connectivity index (χ3v) is 4.95. The van der Waals surface area contributed by atoms with Crippen molar-refractivity contribution < 1.29 is 22.8 Å². The van der Waals surface area contributed by atoms with Crippen molar-refractivity contribution in [2.75, 3.05) is 19.6 Å². The van der Waals surface area contributed by atoms with E-state index in [0.717, 1.165) is 44.4 Å². The molecule has 4 nitrogen and oxygen atoms in total. The minimum atomic E-state index is -4.39. The Kier molecular flexibility index (Phi) is 6.14. The number of halogens is 3. The maximum absolute atomic E-state index is 12.8. The smallest absolute Gasteiger partial charge is 0.349 e. The molecule has 0 bridgehead atoms. The zero-order valence-corrected chi connectivity index (χ0v) is 15.2. The van der Waals surface area contributed by atoms with Crippen molar-refractivity contribution in [3.63, 3.8) is 0 Å². The van der Waals surface area contributed by atoms with Crippen molar-refractivity contribution >= 4 is 12.2 Å². The highest BCUT2D eigenvalue weighted by molar-refractivity contribution is 6.01. The summed E-state index contributed by atoms with van der Waals surface area (Å²) >= 11 is 0. The Hall–Kier alpha value is -2.67. The van der Waals surface area contributed by atoms with Crippen LogP contribution < -0.4 is 5.32 Å². The molecule has 148 valence electrons. The van der Waals surface area contributed by atoms with Gasteiger partial charge in [-0.3, -0.25) is 9.69 Å². The van der Waals surface area contributed by atoms with Crippen molar-refractivity contribution in [2.24, 2.45) is 0 Å². The Morgan fingerprint density at radius 1 is 1.07 bits per heavy atom. The molecule has 0 aliphatic carbocycles. The van der Waals surface area contributed by atoms with Crippen LogP contribution in [0.25, 0.3) is 11.1 Å². The summed E-state index contributed by atoms with van der Waals surface area (Å²) in [5.41, 5.74) is 0.851. The molecule has 1 saturated heterocycles. The van der Waals surface area contributed by atoms with Gasteiger partial charge in [-0.15, -0.1) is 0 Å². The van der Waals surface area contributed by atoms with E-state index in [1.54, 1.807) is 24.3 Å². The molecule has 0 atom stereocenters. The lowest BCUT2D eigenvalue weighted by molar-refractivity contribution is -0.137. The predicted octanol–water partition coefficient (Wildman–Crippen LogP) is 3.77. The van der Waals surface area contributed by atoms with E-state index in [4.69, 9.17) is 0 Å². The number of aldehydes is 1. The first-order valence-electron chi connectivity index (χ1n) is 9.12. The molecule has 1 fully saturated rings. The van der Waals surface area contributed by atoms with Crippen molar-refractivity contribution in [2.45, 2.75) is 25.1 Å². The van der Waals surface area contributed by atoms with Crippen LogP contribution in [0.2, 0.25) is 0 Å². The fraction of sp³-hybridized carbons (Fsp3) is 0.333. The third-order valence-electron chi connectivity index (χ3n) is 4.95. The number of carbonyl (C=O) groups excluding carboxylic acids is 2. The lowest BCUT2D eigenvalue weighted by Crippen LogP contribution is -2.45. The predicted molar refractivity (Wildman–Crippen MR) is 99.9 cm³/mol. The molecule has 1 amide bonds. The van der Waals surface area contributed by atoms with Gasteiger partial charge in [-0.2, -0.15) is 13.2 Å². The largest absolute Gasteiger partial charge is 0.416 e. The van der Waals surface area contributed by atoms with E-state index < -0.39 is 11.7 Å². The highest BCUT2D eigenvalue weighted by Gasteiger charge is 2.30. The highest BCUT2D eigenvalue weighted by Crippen LogP contribution is 2.32. The lowest BCUT2D eigenvalue weighted by atomic mass is 9.97. The van der Waals surface area contributed by atoms with Crippen LogP contribution in [-0.4, -0.2) is 42.8 Å². The van der Waals surface area contributed by atoms with Gasteiger partial charge in [0.05, 0.1) is 12.1 Å². The number of likely N-dealkylation sites (tertiary alicyclic amines) is 1. The van der Waals surface area contributed by atoms with Crippen LogP contribution in [0, 0.1) is 0 Å². The summed E-state index contributed by atoms with van der Waals surface area (Å²) < 4.78 is 38.3. The van der Waals surface area contributed by atoms with Gasteiger partial charge in [-0.25, -0.2) is 0 Å². The van der Waals surface area contributed by atoms with Gasteiger partial charge in [-0.05, 0) is 42.2 Å². The van der Waals surface area contributed by atoms with E-state index in [1.807, 2.05) is 4.90 Å². The average molecular weight is 390 g/mol. The standard InChI is InChI=1S/C21H21F3N2O2/c22-21(23,24)16-7-5-15(6-8-16)18-3-1-2-4-19(18)20(28)25-17-9-11-26(12-10-17)13-14-27/h1-8,14,17H,9-13H2,(H,25,28). The van der Waals surface area contributed by atoms with Crippen molar-refractivity contribution in [1.82, 2.24) is 10.2 Å². The minimum Gasteiger partial charge on any atom is -0.349 e. The number of hydrogen-bond donors (Lipinski definition) is 1. The minimum absolute atomic E-state index is 0.0102. The molecule has 0 aromatic heterocycles. The number of piperidine rings is 1. The SMILES string of the molecule is O=CCN1CCC(NC(=O)c2ccccc2-c2ccc(C(F)(F)F)cc2)CC1. The van der Waals surface area contributed by atoms with Gasteiger partial charge in [0.25, 0.3) is 5.91 Å². The molecule has 0 radical (unpaired) electrons. The van der Waals surface area contributed by atoms with E-state index in [1.165, 1.54) is 12.1 Å². The molecule has 1 aliphatic rings. The quantitative estimate of drug-likeness (QED) is 0.791. The zero-order valence-electron chi connectivity index (χ0n) is 15.2. The number of hydrogen-bond acceptors (Lipinski definition) is 3. The van der Waals surface area contributed by atoms with Crippen molar-refractivity contribution in [3.8, 4) is 11.1 Å². The molecule has 2 aromatic rings. The maximum Gasteiger partial charge on any atom is 0.416 e. The number of rotatable bonds is 5. The molecule has 0 saturated carbocycles. The molecule has 7 heteroatoms. The second-order valence-corrected chi connectivity index (χ2v) is 6.84. The van der Waals surface area contributed by atoms with Gasteiger partial charge in [0.15, 0.2) is 0 Å². The van der Waals surface area contributed by atoms with E-state index in [0.29, 0.717) is 23.2 Å². The second-order valence-electron chi connectivity index (χ2n) is 6.84. The molecular weight excluding hydrogens is 369 g/mol. The van der Waals surface area contributed by atoms with Crippen LogP contribution >= 0.6 is 0 Å². The fourth-order valence-corrected chi connectivity index (χ4v) is 3.40. The van der Waals surface area contributed by atoms with Gasteiger partial charge >= 0.3 is 6.18 Å². The van der Waals surface area contributed by atoms with E-state index in [9.17, 15) is 22.8 Å². The Balaban J connectivity index is 1.73. The van der Waals surface area contributed by atoms with Gasteiger partial charge in [0.2, 0.25) is 0 Å². The van der Waals surface area contributed by atoms with E-state index in [2.05, 4.69) is 5.32 Å². The number of amides is 1. The van der Waals surface area contributed by atoms with Gasteiger partial charge in [0, 0.05) is 24.7 Å². The van der Waals surface area contributed by atoms with Crippen LogP contribution in [-0.2, 0) is 11.0 Å². The van der Waals surface area contributed by atoms with Crippen LogP contribution in [0.1, 0.15) is 28.8 Å². The third kappa shape index (κ3) is 4.78. The normalized spacial score (nSPS) is 16.0. The molecule has 0 unspecified atom stereocenters. The zero-order chi connectivity index (χ0) is 20.1. The lowest BCUT2D eigenvalue weighted by Gasteiger charge is -2.31. The van der Waals surface area contributed by atoms with Crippen molar-refractivity contribution in [1.29, 1.82) is 0 Å². The molecular formula is C21H21F3N2O2. The summed E-state index contributed by atoms with van der Waals surface area (Å²) in [7, 11) is 0. The van der Waals surface area contributed by atoms with Crippen LogP contribution in [0.4, 0.5) is 13.2 Å². The van der Waals surface area contributed by atoms with Crippen molar-refractivity contribution in [3.05, 3.63) is 59.7 Å². The topological polar surface area (TPSA) is 49.4 Å². The molecule has 3 rings (SSSR count). The Bertz CT molecular complexity index is 826. The average Bonchev–Trinajstić information content (AvgIpc) is 2.69. The fourth-order valence-electron chi connectivity index (χ4n) is 3.40. The van der Waals surface area contributed by atoms with Crippen LogP contribution in [0.3, 0.4) is 0 Å². The molecule has 2 aromatic carbocycles. The summed E-state index contributed by atoms with van der Waals surface area (Å²) in [4.78, 5) is 25.4. The van der Waals surface area contributed by atoms with Gasteiger partial charge < -0.3 is 10.1 Å². The van der Waals surface area contributed by atoms with E-state index in [-0.39, 0.29) is 11.9 Å². The van der Waals surface area contributed by atoms with E-state index >= 15 is 0 Å². The first-order valence-corrected chi connectivity index (χ1v) is 9.12. The first-order chi connectivity index (χ1) is 13.4. The van der Waals surface area contributed by atoms with Crippen LogP contribution in [0.5, 0.6) is 0 Å². The number of carbonyl (C=O) groups is 2. The number of alkyl halides is 3. The number of nitrogens with zero attached hydrogens (tertiary/aromatic N) is 1. The Labute approximate surface area is 161 Å². The summed E-state index contributed by atoms with van der Waals surface area (Å²) in [6.07, 6.45) is -2.02. The van der Waals surface area contributed by atoms with Crippen LogP contribution in [0.15, 0.2) is 48.5 Å². The highest BCUT2D eigenvalue weighted by atomic mass is 19.4. The maximum atomic E-state index is 12.8.